The first kappa shape index (κ1) is 26.9. The summed E-state index contributed by atoms with van der Waals surface area (Å²) in [5, 5.41) is 26.2. The van der Waals surface area contributed by atoms with Gasteiger partial charge >= 0.3 is 6.18 Å². The van der Waals surface area contributed by atoms with Gasteiger partial charge in [-0.05, 0) is 74.6 Å². The zero-order valence-corrected chi connectivity index (χ0v) is 22.1. The fraction of sp³-hybridized carbons (Fsp3) is 0.276. The van der Waals surface area contributed by atoms with E-state index < -0.39 is 17.3 Å². The Labute approximate surface area is 229 Å². The minimum absolute atomic E-state index is 0.00496. The number of phenolic OH excluding ortho intramolecular Hbond substituents is 1. The second-order valence-corrected chi connectivity index (χ2v) is 9.75. The van der Waals surface area contributed by atoms with Crippen LogP contribution in [0.4, 0.5) is 24.5 Å². The van der Waals surface area contributed by atoms with Crippen molar-refractivity contribution in [1.82, 2.24) is 9.66 Å². The number of nitrogens with one attached hydrogen (secondary N) is 3. The molecular formula is C29H28F3N7O. The quantitative estimate of drug-likeness (QED) is 0.247. The molecule has 206 valence electrons. The number of alkyl halides is 3. The summed E-state index contributed by atoms with van der Waals surface area (Å²) in [6.07, 6.45) is -0.460. The number of phenols is 1. The van der Waals surface area contributed by atoms with E-state index in [1.807, 2.05) is 11.6 Å². The number of aliphatic imine (C=N–C) groups is 1. The van der Waals surface area contributed by atoms with Crippen molar-refractivity contribution < 1.29 is 18.3 Å². The van der Waals surface area contributed by atoms with E-state index in [1.165, 1.54) is 12.1 Å². The van der Waals surface area contributed by atoms with Crippen molar-refractivity contribution in [3.05, 3.63) is 88.3 Å². The molecule has 5 rings (SSSR count). The van der Waals surface area contributed by atoms with E-state index >= 15 is 0 Å². The molecule has 1 aliphatic carbocycles. The van der Waals surface area contributed by atoms with Gasteiger partial charge in [0.15, 0.2) is 5.84 Å². The SMILES string of the molecule is C=C1N=C(c2cc(NC(Nc3ccc(C#N)c(C(F)(F)F)c3)=C3CCC3)ccc2O)Nn2c(CCC)nc(C)c21. The first-order valence-corrected chi connectivity index (χ1v) is 12.9. The first-order chi connectivity index (χ1) is 19.1. The average Bonchev–Trinajstić information content (AvgIpc) is 3.19. The molecule has 0 bridgehead atoms. The Morgan fingerprint density at radius 3 is 2.50 bits per heavy atom. The highest BCUT2D eigenvalue weighted by Gasteiger charge is 2.34. The standard InChI is InChI=1S/C29H28F3N7O/c1-4-6-25-34-16(2)26-17(3)35-28(38-39(25)26)22-13-20(11-12-24(22)40)36-27(18-7-5-8-18)37-21-10-9-19(15-33)23(14-21)29(30,31)32/h9-14,36-37,40H,3-8H2,1-2H3,(H,35,38). The predicted octanol–water partition coefficient (Wildman–Crippen LogP) is 6.63. The smallest absolute Gasteiger partial charge is 0.417 e. The van der Waals surface area contributed by atoms with Gasteiger partial charge in [0.25, 0.3) is 0 Å². The van der Waals surface area contributed by atoms with E-state index in [-0.39, 0.29) is 11.4 Å². The third-order valence-corrected chi connectivity index (χ3v) is 6.88. The van der Waals surface area contributed by atoms with E-state index in [0.29, 0.717) is 28.6 Å². The number of allylic oxidation sites excluding steroid dienone is 1. The highest BCUT2D eigenvalue weighted by molar-refractivity contribution is 6.10. The summed E-state index contributed by atoms with van der Waals surface area (Å²) < 4.78 is 42.4. The number of imidazole rings is 1. The zero-order valence-electron chi connectivity index (χ0n) is 22.1. The molecule has 40 heavy (non-hydrogen) atoms. The van der Waals surface area contributed by atoms with Crippen molar-refractivity contribution in [2.24, 2.45) is 4.99 Å². The summed E-state index contributed by atoms with van der Waals surface area (Å²) in [5.41, 5.74) is 6.16. The monoisotopic (exact) mass is 547 g/mol. The van der Waals surface area contributed by atoms with Crippen molar-refractivity contribution >= 4 is 22.9 Å². The van der Waals surface area contributed by atoms with Crippen LogP contribution in [0.15, 0.2) is 59.4 Å². The fourth-order valence-electron chi connectivity index (χ4n) is 4.73. The second-order valence-electron chi connectivity index (χ2n) is 9.75. The lowest BCUT2D eigenvalue weighted by molar-refractivity contribution is -0.137. The molecule has 0 atom stereocenters. The maximum Gasteiger partial charge on any atom is 0.417 e. The largest absolute Gasteiger partial charge is 0.507 e. The number of hydrogen-bond donors (Lipinski definition) is 4. The Balaban J connectivity index is 1.45. The van der Waals surface area contributed by atoms with Crippen molar-refractivity contribution in [2.75, 3.05) is 16.1 Å². The van der Waals surface area contributed by atoms with Crippen molar-refractivity contribution in [1.29, 1.82) is 5.26 Å². The van der Waals surface area contributed by atoms with Gasteiger partial charge in [-0.1, -0.05) is 13.5 Å². The lowest BCUT2D eigenvalue weighted by Crippen LogP contribution is -2.30. The number of benzene rings is 2. The van der Waals surface area contributed by atoms with Crippen LogP contribution in [0.3, 0.4) is 0 Å². The molecule has 0 saturated heterocycles. The maximum absolute atomic E-state index is 13.5. The Morgan fingerprint density at radius 2 is 1.88 bits per heavy atom. The van der Waals surface area contributed by atoms with Crippen LogP contribution in [0.2, 0.25) is 0 Å². The van der Waals surface area contributed by atoms with E-state index in [0.717, 1.165) is 67.0 Å². The summed E-state index contributed by atoms with van der Waals surface area (Å²) >= 11 is 0. The number of fused-ring (bicyclic) bond motifs is 1. The van der Waals surface area contributed by atoms with Gasteiger partial charge in [0.2, 0.25) is 0 Å². The van der Waals surface area contributed by atoms with E-state index in [9.17, 15) is 18.3 Å². The summed E-state index contributed by atoms with van der Waals surface area (Å²) in [7, 11) is 0. The van der Waals surface area contributed by atoms with Crippen LogP contribution in [0.25, 0.3) is 5.70 Å². The molecule has 0 radical (unpaired) electrons. The molecule has 2 aliphatic rings. The molecule has 0 amide bonds. The molecule has 1 fully saturated rings. The topological polar surface area (TPSA) is 110 Å². The lowest BCUT2D eigenvalue weighted by atomic mass is 9.92. The Hall–Kier alpha value is -4.72. The molecule has 1 aromatic heterocycles. The Kier molecular flexibility index (Phi) is 7.02. The number of amidine groups is 1. The normalized spacial score (nSPS) is 14.4. The Morgan fingerprint density at radius 1 is 1.18 bits per heavy atom. The van der Waals surface area contributed by atoms with Crippen LogP contribution < -0.4 is 16.1 Å². The number of nitrogens with zero attached hydrogens (tertiary/aromatic N) is 4. The molecule has 0 spiro atoms. The van der Waals surface area contributed by atoms with Gasteiger partial charge < -0.3 is 15.7 Å². The summed E-state index contributed by atoms with van der Waals surface area (Å²) in [6.45, 7) is 8.05. The predicted molar refractivity (Wildman–Crippen MR) is 148 cm³/mol. The highest BCUT2D eigenvalue weighted by atomic mass is 19.4. The molecule has 2 heterocycles. The van der Waals surface area contributed by atoms with Gasteiger partial charge in [-0.15, -0.1) is 0 Å². The zero-order chi connectivity index (χ0) is 28.6. The molecule has 4 N–H and O–H groups in total. The van der Waals surface area contributed by atoms with Gasteiger partial charge in [-0.2, -0.15) is 18.4 Å². The average molecular weight is 548 g/mol. The summed E-state index contributed by atoms with van der Waals surface area (Å²) in [4.78, 5) is 9.23. The van der Waals surface area contributed by atoms with Crippen LogP contribution in [0, 0.1) is 18.3 Å². The highest BCUT2D eigenvalue weighted by Crippen LogP contribution is 2.36. The first-order valence-electron chi connectivity index (χ1n) is 12.9. The van der Waals surface area contributed by atoms with E-state index in [1.54, 1.807) is 18.2 Å². The number of aromatic nitrogens is 2. The van der Waals surface area contributed by atoms with Crippen LogP contribution >= 0.6 is 0 Å². The molecular weight excluding hydrogens is 519 g/mol. The number of aromatic hydroxyl groups is 1. The minimum Gasteiger partial charge on any atom is -0.507 e. The fourth-order valence-corrected chi connectivity index (χ4v) is 4.73. The minimum atomic E-state index is -4.66. The molecule has 3 aromatic rings. The maximum atomic E-state index is 13.5. The van der Waals surface area contributed by atoms with Gasteiger partial charge in [0.05, 0.1) is 34.2 Å². The van der Waals surface area contributed by atoms with Gasteiger partial charge in [-0.3, -0.25) is 5.43 Å². The molecule has 0 unspecified atom stereocenters. The number of hydrogen-bond acceptors (Lipinski definition) is 7. The molecule has 2 aromatic carbocycles. The van der Waals surface area contributed by atoms with E-state index in [4.69, 9.17) is 5.26 Å². The number of rotatable bonds is 7. The summed E-state index contributed by atoms with van der Waals surface area (Å²) in [5.74, 6) is 1.77. The summed E-state index contributed by atoms with van der Waals surface area (Å²) in [6, 6.07) is 10.1. The molecule has 1 saturated carbocycles. The Bertz CT molecular complexity index is 1600. The third-order valence-electron chi connectivity index (χ3n) is 6.88. The lowest BCUT2D eigenvalue weighted by Gasteiger charge is -2.25. The molecule has 8 nitrogen and oxygen atoms in total. The number of nitriles is 1. The second kappa shape index (κ2) is 10.4. The van der Waals surface area contributed by atoms with Crippen molar-refractivity contribution in [3.8, 4) is 11.8 Å². The number of halogens is 3. The number of aryl methyl sites for hydroxylation is 2. The molecule has 1 aliphatic heterocycles. The molecule has 11 heteroatoms. The van der Waals surface area contributed by atoms with Gasteiger partial charge in [-0.25, -0.2) is 14.7 Å². The van der Waals surface area contributed by atoms with E-state index in [2.05, 4.69) is 39.5 Å². The van der Waals surface area contributed by atoms with Crippen molar-refractivity contribution in [2.45, 2.75) is 52.1 Å². The number of anilines is 2. The van der Waals surface area contributed by atoms with Crippen LogP contribution in [0.5, 0.6) is 5.75 Å². The van der Waals surface area contributed by atoms with Crippen LogP contribution in [-0.2, 0) is 12.6 Å². The van der Waals surface area contributed by atoms with Gasteiger partial charge in [0, 0.05) is 17.8 Å². The van der Waals surface area contributed by atoms with Crippen LogP contribution in [-0.4, -0.2) is 20.6 Å². The van der Waals surface area contributed by atoms with Gasteiger partial charge in [0.1, 0.15) is 23.1 Å². The van der Waals surface area contributed by atoms with Crippen molar-refractivity contribution in [3.63, 3.8) is 0 Å². The third kappa shape index (κ3) is 5.12. The van der Waals surface area contributed by atoms with Crippen LogP contribution in [0.1, 0.15) is 66.5 Å².